The molecule has 5 rings (SSSR count). The van der Waals surface area contributed by atoms with Crippen molar-refractivity contribution >= 4 is 5.97 Å². The first-order valence-corrected chi connectivity index (χ1v) is 12.6. The number of carboxylic acid groups (broad SMARTS) is 1. The summed E-state index contributed by atoms with van der Waals surface area (Å²) in [4.78, 5) is 12.4. The van der Waals surface area contributed by atoms with Gasteiger partial charge in [-0.25, -0.2) is 0 Å². The highest BCUT2D eigenvalue weighted by atomic mass is 16.7. The van der Waals surface area contributed by atoms with Crippen LogP contribution in [0, 0.1) is 34.5 Å². The fraction of sp³-hybridized carbons (Fsp3) is 0.880. The molecular weight excluding hydrogens is 444 g/mol. The van der Waals surface area contributed by atoms with Crippen LogP contribution in [-0.2, 0) is 14.3 Å². The Morgan fingerprint density at radius 1 is 1.12 bits per heavy atom. The van der Waals surface area contributed by atoms with Crippen molar-refractivity contribution in [2.24, 2.45) is 34.5 Å². The van der Waals surface area contributed by atoms with Gasteiger partial charge in [0, 0.05) is 5.41 Å². The van der Waals surface area contributed by atoms with Gasteiger partial charge in [-0.1, -0.05) is 13.5 Å². The second-order valence-corrected chi connectivity index (χ2v) is 11.7. The second kappa shape index (κ2) is 8.50. The van der Waals surface area contributed by atoms with Crippen LogP contribution in [0.2, 0.25) is 0 Å². The molecule has 0 aromatic rings. The van der Waals surface area contributed by atoms with Gasteiger partial charge < -0.3 is 40.1 Å². The topological polar surface area (TPSA) is 157 Å². The molecule has 4 aliphatic carbocycles. The lowest BCUT2D eigenvalue weighted by Gasteiger charge is -2.62. The van der Waals surface area contributed by atoms with E-state index >= 15 is 0 Å². The molecule has 1 saturated heterocycles. The number of hydrogen-bond donors (Lipinski definition) is 6. The van der Waals surface area contributed by atoms with E-state index in [0.29, 0.717) is 12.3 Å². The zero-order valence-electron chi connectivity index (χ0n) is 19.6. The van der Waals surface area contributed by atoms with Crippen LogP contribution < -0.4 is 0 Å². The lowest BCUT2D eigenvalue weighted by atomic mass is 9.43. The number of hydrogen-bond acceptors (Lipinski definition) is 8. The molecule has 6 N–H and O–H groups in total. The number of ether oxygens (including phenoxy) is 2. The summed E-state index contributed by atoms with van der Waals surface area (Å²) in [6, 6.07) is 0. The molecule has 9 heteroatoms. The predicted octanol–water partition coefficient (Wildman–Crippen LogP) is 0.416. The average molecular weight is 483 g/mol. The Bertz CT molecular complexity index is 831. The van der Waals surface area contributed by atoms with E-state index in [0.717, 1.165) is 37.7 Å². The molecule has 1 spiro atoms. The Labute approximate surface area is 199 Å². The molecule has 9 nitrogen and oxygen atoms in total. The first-order valence-electron chi connectivity index (χ1n) is 12.6. The molecule has 1 aliphatic heterocycles. The molecule has 4 saturated carbocycles. The highest BCUT2D eigenvalue weighted by molar-refractivity contribution is 5.71. The molecule has 1 heterocycles. The number of aliphatic hydroxyl groups is 5. The SMILES string of the molecule is C=C1[C@@H]2CCC3[C@@](CC[C@@H]4[C@H](C(=O)O)C[C@@H](O[C@@H]5O[C@H](CO)[C@@H](O)[C@H](O)[C@H]5O)C[C@@]34C)(C2)[C@H]1O. The van der Waals surface area contributed by atoms with Gasteiger partial charge in [0.1, 0.15) is 24.4 Å². The second-order valence-electron chi connectivity index (χ2n) is 11.7. The molecule has 1 unspecified atom stereocenters. The van der Waals surface area contributed by atoms with E-state index in [1.807, 2.05) is 0 Å². The summed E-state index contributed by atoms with van der Waals surface area (Å²) >= 11 is 0. The number of aliphatic carboxylic acids is 1. The third-order valence-electron chi connectivity index (χ3n) is 10.3. The molecule has 0 amide bonds. The van der Waals surface area contributed by atoms with Gasteiger partial charge in [-0.05, 0) is 73.7 Å². The quantitative estimate of drug-likeness (QED) is 0.247. The number of fused-ring (bicyclic) bond motifs is 3. The number of carboxylic acids is 1. The molecule has 2 bridgehead atoms. The molecule has 0 aromatic heterocycles. The van der Waals surface area contributed by atoms with Crippen molar-refractivity contribution in [1.29, 1.82) is 0 Å². The summed E-state index contributed by atoms with van der Waals surface area (Å²) in [5.41, 5.74) is 0.248. The summed E-state index contributed by atoms with van der Waals surface area (Å²) in [7, 11) is 0. The monoisotopic (exact) mass is 482 g/mol. The molecule has 0 aromatic carbocycles. The van der Waals surface area contributed by atoms with Crippen LogP contribution in [0.15, 0.2) is 12.2 Å². The number of carbonyl (C=O) groups is 1. The van der Waals surface area contributed by atoms with Crippen LogP contribution in [0.4, 0.5) is 0 Å². The van der Waals surface area contributed by atoms with E-state index in [9.17, 15) is 35.4 Å². The lowest BCUT2D eigenvalue weighted by molar-refractivity contribution is -0.319. The minimum absolute atomic E-state index is 0.0482. The summed E-state index contributed by atoms with van der Waals surface area (Å²) in [6.45, 7) is 5.76. The molecule has 5 aliphatic rings. The van der Waals surface area contributed by atoms with Gasteiger partial charge in [0.05, 0.1) is 24.7 Å². The van der Waals surface area contributed by atoms with E-state index in [1.54, 1.807) is 0 Å². The van der Waals surface area contributed by atoms with Gasteiger partial charge in [0.15, 0.2) is 6.29 Å². The minimum atomic E-state index is -1.55. The Kier molecular flexibility index (Phi) is 6.16. The first-order chi connectivity index (χ1) is 16.0. The molecule has 0 radical (unpaired) electrons. The van der Waals surface area contributed by atoms with Crippen LogP contribution in [0.3, 0.4) is 0 Å². The average Bonchev–Trinajstić information content (AvgIpc) is 2.98. The van der Waals surface area contributed by atoms with E-state index in [4.69, 9.17) is 9.47 Å². The number of rotatable bonds is 4. The highest BCUT2D eigenvalue weighted by Gasteiger charge is 2.66. The van der Waals surface area contributed by atoms with Crippen molar-refractivity contribution in [3.05, 3.63) is 12.2 Å². The van der Waals surface area contributed by atoms with Gasteiger partial charge in [-0.15, -0.1) is 0 Å². The van der Waals surface area contributed by atoms with Crippen LogP contribution in [0.25, 0.3) is 0 Å². The maximum Gasteiger partial charge on any atom is 0.306 e. The zero-order valence-corrected chi connectivity index (χ0v) is 19.6. The lowest BCUT2D eigenvalue weighted by Crippen LogP contribution is -2.62. The normalized spacial score (nSPS) is 54.9. The molecule has 13 atom stereocenters. The van der Waals surface area contributed by atoms with Crippen molar-refractivity contribution in [1.82, 2.24) is 0 Å². The standard InChI is InChI=1S/C25H38O9/c1-11-12-3-4-17-24(2)9-13(33-23-20(29)19(28)18(27)16(10-26)34-23)7-14(22(31)32)15(24)5-6-25(17,8-12)21(11)30/h12-21,23,26-30H,1,3-10H2,2H3,(H,31,32)/t12-,13-,14-,15-,16-,17?,18-,19+,20-,21+,23-,24-,25-/m1/s1. The Balaban J connectivity index is 1.43. The van der Waals surface area contributed by atoms with E-state index < -0.39 is 66.8 Å². The molecule has 192 valence electrons. The van der Waals surface area contributed by atoms with Crippen molar-refractivity contribution in [3.63, 3.8) is 0 Å². The molecular formula is C25H38O9. The van der Waals surface area contributed by atoms with E-state index in [1.165, 1.54) is 0 Å². The van der Waals surface area contributed by atoms with Crippen molar-refractivity contribution in [2.75, 3.05) is 6.61 Å². The third-order valence-corrected chi connectivity index (χ3v) is 10.3. The molecule has 34 heavy (non-hydrogen) atoms. The van der Waals surface area contributed by atoms with Gasteiger partial charge in [0.25, 0.3) is 0 Å². The van der Waals surface area contributed by atoms with Crippen molar-refractivity contribution < 1.29 is 44.9 Å². The first kappa shape index (κ1) is 24.6. The van der Waals surface area contributed by atoms with Crippen molar-refractivity contribution in [2.45, 2.75) is 94.8 Å². The predicted molar refractivity (Wildman–Crippen MR) is 118 cm³/mol. The van der Waals surface area contributed by atoms with Gasteiger partial charge >= 0.3 is 5.97 Å². The maximum absolute atomic E-state index is 12.4. The summed E-state index contributed by atoms with van der Waals surface area (Å²) < 4.78 is 11.6. The fourth-order valence-corrected chi connectivity index (χ4v) is 8.70. The zero-order chi connectivity index (χ0) is 24.6. The van der Waals surface area contributed by atoms with Gasteiger partial charge in [-0.3, -0.25) is 4.79 Å². The maximum atomic E-state index is 12.4. The van der Waals surface area contributed by atoms with E-state index in [-0.39, 0.29) is 23.7 Å². The van der Waals surface area contributed by atoms with Crippen molar-refractivity contribution in [3.8, 4) is 0 Å². The Morgan fingerprint density at radius 3 is 2.53 bits per heavy atom. The minimum Gasteiger partial charge on any atom is -0.481 e. The van der Waals surface area contributed by atoms with E-state index in [2.05, 4.69) is 13.5 Å². The largest absolute Gasteiger partial charge is 0.481 e. The van der Waals surface area contributed by atoms with Crippen LogP contribution in [0.1, 0.15) is 51.9 Å². The Morgan fingerprint density at radius 2 is 1.85 bits per heavy atom. The summed E-state index contributed by atoms with van der Waals surface area (Å²) in [5, 5.41) is 61.5. The number of aliphatic hydroxyl groups excluding tert-OH is 5. The van der Waals surface area contributed by atoms with Gasteiger partial charge in [0.2, 0.25) is 0 Å². The van der Waals surface area contributed by atoms with Crippen LogP contribution >= 0.6 is 0 Å². The summed E-state index contributed by atoms with van der Waals surface area (Å²) in [5.74, 6) is -1.10. The highest BCUT2D eigenvalue weighted by Crippen LogP contribution is 2.70. The Hall–Kier alpha value is -1.07. The molecule has 5 fully saturated rings. The third kappa shape index (κ3) is 3.43. The smallest absolute Gasteiger partial charge is 0.306 e. The van der Waals surface area contributed by atoms with Crippen LogP contribution in [-0.4, -0.2) is 86.1 Å². The van der Waals surface area contributed by atoms with Gasteiger partial charge in [-0.2, -0.15) is 0 Å². The van der Waals surface area contributed by atoms with Crippen LogP contribution in [0.5, 0.6) is 0 Å². The fourth-order valence-electron chi connectivity index (χ4n) is 8.70. The summed E-state index contributed by atoms with van der Waals surface area (Å²) in [6.07, 6.45) is -2.98.